The van der Waals surface area contributed by atoms with E-state index in [4.69, 9.17) is 9.47 Å². The Hall–Kier alpha value is -2.83. The first kappa shape index (κ1) is 18.0. The van der Waals surface area contributed by atoms with Crippen LogP contribution in [0.2, 0.25) is 0 Å². The second-order valence-corrected chi connectivity index (χ2v) is 6.45. The number of aliphatic carboxylic acids is 1. The highest BCUT2D eigenvalue weighted by atomic mass is 16.5. The van der Waals surface area contributed by atoms with Crippen LogP contribution >= 0.6 is 0 Å². The molecule has 0 unspecified atom stereocenters. The molecule has 1 aliphatic rings. The predicted octanol–water partition coefficient (Wildman–Crippen LogP) is 2.60. The van der Waals surface area contributed by atoms with Crippen LogP contribution in [0.4, 0.5) is 5.82 Å². The average molecular weight is 357 g/mol. The van der Waals surface area contributed by atoms with Crippen LogP contribution in [0.5, 0.6) is 11.5 Å². The van der Waals surface area contributed by atoms with Gasteiger partial charge in [0.1, 0.15) is 12.1 Å². The molecule has 1 aromatic carbocycles. The van der Waals surface area contributed by atoms with Gasteiger partial charge in [-0.1, -0.05) is 12.1 Å². The van der Waals surface area contributed by atoms with Gasteiger partial charge in [-0.2, -0.15) is 0 Å². The number of benzene rings is 1. The fourth-order valence-electron chi connectivity index (χ4n) is 3.20. The van der Waals surface area contributed by atoms with Crippen LogP contribution in [0.25, 0.3) is 0 Å². The van der Waals surface area contributed by atoms with Gasteiger partial charge in [-0.05, 0) is 26.0 Å². The summed E-state index contributed by atoms with van der Waals surface area (Å²) in [6.45, 7) is 5.00. The maximum atomic E-state index is 12.0. The van der Waals surface area contributed by atoms with Gasteiger partial charge in [0.2, 0.25) is 5.60 Å². The summed E-state index contributed by atoms with van der Waals surface area (Å²) >= 11 is 0. The van der Waals surface area contributed by atoms with Gasteiger partial charge in [-0.25, -0.2) is 14.8 Å². The van der Waals surface area contributed by atoms with Crippen molar-refractivity contribution in [2.45, 2.75) is 32.3 Å². The third-order valence-electron chi connectivity index (χ3n) is 4.94. The zero-order chi connectivity index (χ0) is 18.7. The number of para-hydroxylation sites is 2. The van der Waals surface area contributed by atoms with Crippen molar-refractivity contribution in [3.05, 3.63) is 41.9 Å². The maximum Gasteiger partial charge on any atom is 0.348 e. The summed E-state index contributed by atoms with van der Waals surface area (Å²) in [7, 11) is 1.54. The van der Waals surface area contributed by atoms with Crippen molar-refractivity contribution in [3.63, 3.8) is 0 Å². The molecule has 3 rings (SSSR count). The van der Waals surface area contributed by atoms with Crippen LogP contribution in [0, 0.1) is 13.8 Å². The first-order chi connectivity index (χ1) is 12.5. The minimum Gasteiger partial charge on any atom is -0.493 e. The smallest absolute Gasteiger partial charge is 0.348 e. The molecule has 0 aliphatic carbocycles. The molecule has 7 nitrogen and oxygen atoms in total. The number of ether oxygens (including phenoxy) is 2. The summed E-state index contributed by atoms with van der Waals surface area (Å²) < 4.78 is 11.3. The monoisotopic (exact) mass is 357 g/mol. The average Bonchev–Trinajstić information content (AvgIpc) is 2.65. The molecule has 0 amide bonds. The van der Waals surface area contributed by atoms with Crippen molar-refractivity contribution in [1.82, 2.24) is 9.97 Å². The maximum absolute atomic E-state index is 12.0. The molecule has 0 radical (unpaired) electrons. The Kier molecular flexibility index (Phi) is 4.97. The number of carboxylic acid groups (broad SMARTS) is 1. The van der Waals surface area contributed by atoms with Crippen LogP contribution in [0.15, 0.2) is 30.6 Å². The van der Waals surface area contributed by atoms with Gasteiger partial charge >= 0.3 is 5.97 Å². The van der Waals surface area contributed by atoms with Gasteiger partial charge in [0.15, 0.2) is 11.5 Å². The lowest BCUT2D eigenvalue weighted by Crippen LogP contribution is -2.53. The summed E-state index contributed by atoms with van der Waals surface area (Å²) in [5.41, 5.74) is 0.664. The molecule has 0 atom stereocenters. The van der Waals surface area contributed by atoms with Gasteiger partial charge in [0.05, 0.1) is 7.11 Å². The Balaban J connectivity index is 1.81. The standard InChI is InChI=1S/C19H23N3O4/c1-13-14(2)20-12-21-17(13)22-10-8-19(9-11-22,18(23)24)26-16-7-5-4-6-15(16)25-3/h4-7,12H,8-11H2,1-3H3,(H,23,24). The molecule has 0 spiro atoms. The van der Waals surface area contributed by atoms with Gasteiger partial charge in [0.25, 0.3) is 0 Å². The molecule has 1 aromatic heterocycles. The molecule has 0 bridgehead atoms. The number of piperidine rings is 1. The van der Waals surface area contributed by atoms with Crippen molar-refractivity contribution in [2.24, 2.45) is 0 Å². The van der Waals surface area contributed by atoms with E-state index in [9.17, 15) is 9.90 Å². The first-order valence-electron chi connectivity index (χ1n) is 8.55. The Morgan fingerprint density at radius 3 is 2.42 bits per heavy atom. The summed E-state index contributed by atoms with van der Waals surface area (Å²) in [5.74, 6) is 0.866. The molecule has 2 aromatic rings. The van der Waals surface area contributed by atoms with E-state index in [0.29, 0.717) is 37.4 Å². The Bertz CT molecular complexity index is 801. The van der Waals surface area contributed by atoms with E-state index in [1.54, 1.807) is 31.6 Å². The van der Waals surface area contributed by atoms with Crippen molar-refractivity contribution in [1.29, 1.82) is 0 Å². The summed E-state index contributed by atoms with van der Waals surface area (Å²) in [4.78, 5) is 22.7. The van der Waals surface area contributed by atoms with E-state index in [0.717, 1.165) is 17.1 Å². The third kappa shape index (κ3) is 3.29. The lowest BCUT2D eigenvalue weighted by atomic mass is 9.90. The molecular formula is C19H23N3O4. The highest BCUT2D eigenvalue weighted by molar-refractivity contribution is 5.78. The fraction of sp³-hybridized carbons (Fsp3) is 0.421. The molecule has 1 N–H and O–H groups in total. The van der Waals surface area contributed by atoms with E-state index in [1.165, 1.54) is 0 Å². The quantitative estimate of drug-likeness (QED) is 0.880. The lowest BCUT2D eigenvalue weighted by Gasteiger charge is -2.39. The molecule has 1 fully saturated rings. The Morgan fingerprint density at radius 1 is 1.15 bits per heavy atom. The van der Waals surface area contributed by atoms with Crippen LogP contribution in [0.3, 0.4) is 0 Å². The molecule has 1 aliphatic heterocycles. The number of anilines is 1. The third-order valence-corrected chi connectivity index (χ3v) is 4.94. The van der Waals surface area contributed by atoms with Gasteiger partial charge in [-0.15, -0.1) is 0 Å². The predicted molar refractivity (Wildman–Crippen MR) is 96.9 cm³/mol. The van der Waals surface area contributed by atoms with Crippen LogP contribution < -0.4 is 14.4 Å². The number of aromatic nitrogens is 2. The molecule has 138 valence electrons. The second-order valence-electron chi connectivity index (χ2n) is 6.45. The van der Waals surface area contributed by atoms with E-state index < -0.39 is 11.6 Å². The normalized spacial score (nSPS) is 16.2. The summed E-state index contributed by atoms with van der Waals surface area (Å²) in [6.07, 6.45) is 2.24. The molecule has 26 heavy (non-hydrogen) atoms. The number of hydrogen-bond donors (Lipinski definition) is 1. The molecule has 2 heterocycles. The Morgan fingerprint density at radius 2 is 1.81 bits per heavy atom. The topological polar surface area (TPSA) is 84.8 Å². The van der Waals surface area contributed by atoms with Gasteiger partial charge in [-0.3, -0.25) is 0 Å². The fourth-order valence-corrected chi connectivity index (χ4v) is 3.20. The van der Waals surface area contributed by atoms with Crippen molar-refractivity contribution >= 4 is 11.8 Å². The van der Waals surface area contributed by atoms with E-state index in [2.05, 4.69) is 14.9 Å². The van der Waals surface area contributed by atoms with Gasteiger partial charge in [0, 0.05) is 37.2 Å². The van der Waals surface area contributed by atoms with Crippen LogP contribution in [-0.4, -0.2) is 46.8 Å². The first-order valence-corrected chi connectivity index (χ1v) is 8.55. The number of aryl methyl sites for hydroxylation is 1. The number of carboxylic acids is 1. The lowest BCUT2D eigenvalue weighted by molar-refractivity contribution is -0.157. The zero-order valence-electron chi connectivity index (χ0n) is 15.2. The minimum absolute atomic E-state index is 0.350. The van der Waals surface area contributed by atoms with E-state index >= 15 is 0 Å². The van der Waals surface area contributed by atoms with Crippen molar-refractivity contribution in [2.75, 3.05) is 25.1 Å². The van der Waals surface area contributed by atoms with Crippen molar-refractivity contribution < 1.29 is 19.4 Å². The SMILES string of the molecule is COc1ccccc1OC1(C(=O)O)CCN(c2ncnc(C)c2C)CC1. The van der Waals surface area contributed by atoms with E-state index in [-0.39, 0.29) is 0 Å². The van der Waals surface area contributed by atoms with Crippen LogP contribution in [-0.2, 0) is 4.79 Å². The van der Waals surface area contributed by atoms with E-state index in [1.807, 2.05) is 19.9 Å². The highest BCUT2D eigenvalue weighted by Gasteiger charge is 2.45. The number of methoxy groups -OCH3 is 1. The molecule has 0 saturated carbocycles. The highest BCUT2D eigenvalue weighted by Crippen LogP contribution is 2.35. The zero-order valence-corrected chi connectivity index (χ0v) is 15.2. The van der Waals surface area contributed by atoms with Crippen molar-refractivity contribution in [3.8, 4) is 11.5 Å². The van der Waals surface area contributed by atoms with Crippen LogP contribution in [0.1, 0.15) is 24.1 Å². The molecule has 7 heteroatoms. The summed E-state index contributed by atoms with van der Waals surface area (Å²) in [5, 5.41) is 9.86. The molecular weight excluding hydrogens is 334 g/mol. The largest absolute Gasteiger partial charge is 0.493 e. The second kappa shape index (κ2) is 7.19. The number of nitrogens with zero attached hydrogens (tertiary/aromatic N) is 3. The number of carbonyl (C=O) groups is 1. The summed E-state index contributed by atoms with van der Waals surface area (Å²) in [6, 6.07) is 7.11. The number of rotatable bonds is 5. The molecule has 1 saturated heterocycles. The van der Waals surface area contributed by atoms with Gasteiger partial charge < -0.3 is 19.5 Å². The number of hydrogen-bond acceptors (Lipinski definition) is 6. The Labute approximate surface area is 152 Å². The minimum atomic E-state index is -1.28.